The van der Waals surface area contributed by atoms with Gasteiger partial charge in [0.25, 0.3) is 0 Å². The van der Waals surface area contributed by atoms with E-state index in [1.807, 2.05) is 30.3 Å². The summed E-state index contributed by atoms with van der Waals surface area (Å²) in [5.41, 5.74) is 4.02. The van der Waals surface area contributed by atoms with Crippen molar-refractivity contribution in [2.24, 2.45) is 5.84 Å². The van der Waals surface area contributed by atoms with Crippen molar-refractivity contribution in [3.8, 4) is 5.75 Å². The Morgan fingerprint density at radius 1 is 1.29 bits per heavy atom. The van der Waals surface area contributed by atoms with Crippen molar-refractivity contribution in [2.75, 3.05) is 6.61 Å². The zero-order valence-corrected chi connectivity index (χ0v) is 13.6. The van der Waals surface area contributed by atoms with Gasteiger partial charge >= 0.3 is 0 Å². The predicted molar refractivity (Wildman–Crippen MR) is 87.6 cm³/mol. The van der Waals surface area contributed by atoms with Crippen molar-refractivity contribution in [2.45, 2.75) is 38.6 Å². The summed E-state index contributed by atoms with van der Waals surface area (Å²) in [6.07, 6.45) is 0.768. The first-order valence-corrected chi connectivity index (χ1v) is 7.96. The molecule has 114 valence electrons. The Bertz CT molecular complexity index is 548. The number of hydrazine groups is 1. The molecule has 0 fully saturated rings. The number of nitrogens with one attached hydrogen (secondary N) is 1. The van der Waals surface area contributed by atoms with Crippen LogP contribution in [0.25, 0.3) is 0 Å². The molecule has 0 spiro atoms. The molecule has 2 rings (SSSR count). The Morgan fingerprint density at radius 2 is 2.00 bits per heavy atom. The number of thiazole rings is 1. The van der Waals surface area contributed by atoms with Gasteiger partial charge in [-0.2, -0.15) is 0 Å². The number of hydrogen-bond donors (Lipinski definition) is 2. The normalized spacial score (nSPS) is 13.1. The first-order chi connectivity index (χ1) is 9.99. The Balaban J connectivity index is 1.91. The van der Waals surface area contributed by atoms with E-state index in [2.05, 4.69) is 31.6 Å². The van der Waals surface area contributed by atoms with Crippen molar-refractivity contribution in [1.82, 2.24) is 10.4 Å². The summed E-state index contributed by atoms with van der Waals surface area (Å²) in [4.78, 5) is 4.69. The van der Waals surface area contributed by atoms with Crippen LogP contribution in [0.3, 0.4) is 0 Å². The Hall–Kier alpha value is -1.43. The van der Waals surface area contributed by atoms with Crippen LogP contribution < -0.4 is 16.0 Å². The summed E-state index contributed by atoms with van der Waals surface area (Å²) < 4.78 is 5.74. The summed E-state index contributed by atoms with van der Waals surface area (Å²) in [5, 5.41) is 3.21. The zero-order chi connectivity index (χ0) is 15.3. The van der Waals surface area contributed by atoms with Crippen LogP contribution in [0.15, 0.2) is 35.7 Å². The molecule has 0 aliphatic carbocycles. The highest BCUT2D eigenvalue weighted by atomic mass is 32.1. The molecular weight excluding hydrogens is 282 g/mol. The second-order valence-electron chi connectivity index (χ2n) is 6.07. The molecule has 1 heterocycles. The SMILES string of the molecule is CC(C)(C)c1csc(CC(COc2ccccc2)NN)n1. The number of nitrogens with two attached hydrogens (primary N) is 1. The fraction of sp³-hybridized carbons (Fsp3) is 0.438. The van der Waals surface area contributed by atoms with Crippen LogP contribution in [0.1, 0.15) is 31.5 Å². The number of ether oxygens (including phenoxy) is 1. The van der Waals surface area contributed by atoms with Crippen LogP contribution in [-0.4, -0.2) is 17.6 Å². The molecule has 0 saturated carbocycles. The van der Waals surface area contributed by atoms with Gasteiger partial charge in [-0.1, -0.05) is 39.0 Å². The van der Waals surface area contributed by atoms with E-state index in [0.717, 1.165) is 22.9 Å². The van der Waals surface area contributed by atoms with E-state index in [4.69, 9.17) is 15.6 Å². The van der Waals surface area contributed by atoms with E-state index >= 15 is 0 Å². The average Bonchev–Trinajstić information content (AvgIpc) is 2.93. The van der Waals surface area contributed by atoms with Crippen LogP contribution in [0, 0.1) is 0 Å². The molecule has 4 nitrogen and oxygen atoms in total. The Labute approximate surface area is 130 Å². The maximum atomic E-state index is 5.74. The molecule has 0 amide bonds. The van der Waals surface area contributed by atoms with Gasteiger partial charge in [0.1, 0.15) is 12.4 Å². The van der Waals surface area contributed by atoms with Gasteiger partial charge in [-0.25, -0.2) is 4.98 Å². The number of hydrogen-bond acceptors (Lipinski definition) is 5. The topological polar surface area (TPSA) is 60.2 Å². The molecule has 2 aromatic rings. The minimum Gasteiger partial charge on any atom is -0.492 e. The lowest BCUT2D eigenvalue weighted by atomic mass is 9.93. The summed E-state index contributed by atoms with van der Waals surface area (Å²) in [6, 6.07) is 9.80. The molecule has 1 aromatic carbocycles. The van der Waals surface area contributed by atoms with Crippen LogP contribution in [0.2, 0.25) is 0 Å². The molecule has 0 radical (unpaired) electrons. The van der Waals surface area contributed by atoms with Gasteiger partial charge in [0, 0.05) is 17.2 Å². The highest BCUT2D eigenvalue weighted by molar-refractivity contribution is 7.09. The zero-order valence-electron chi connectivity index (χ0n) is 12.8. The first-order valence-electron chi connectivity index (χ1n) is 7.08. The molecule has 1 aromatic heterocycles. The minimum absolute atomic E-state index is 0.0455. The summed E-state index contributed by atoms with van der Waals surface area (Å²) in [6.45, 7) is 7.03. The van der Waals surface area contributed by atoms with E-state index in [1.54, 1.807) is 11.3 Å². The molecule has 5 heteroatoms. The lowest BCUT2D eigenvalue weighted by molar-refractivity contribution is 0.264. The van der Waals surface area contributed by atoms with Crippen molar-refractivity contribution in [1.29, 1.82) is 0 Å². The fourth-order valence-corrected chi connectivity index (χ4v) is 2.94. The third-order valence-electron chi connectivity index (χ3n) is 3.17. The highest BCUT2D eigenvalue weighted by Crippen LogP contribution is 2.24. The third kappa shape index (κ3) is 4.81. The quantitative estimate of drug-likeness (QED) is 0.636. The number of benzene rings is 1. The van der Waals surface area contributed by atoms with Gasteiger partial charge in [-0.05, 0) is 12.1 Å². The lowest BCUT2D eigenvalue weighted by Gasteiger charge is -2.16. The molecule has 0 aliphatic heterocycles. The van der Waals surface area contributed by atoms with Crippen molar-refractivity contribution >= 4 is 11.3 Å². The van der Waals surface area contributed by atoms with Crippen molar-refractivity contribution in [3.05, 3.63) is 46.4 Å². The van der Waals surface area contributed by atoms with Gasteiger partial charge in [-0.15, -0.1) is 11.3 Å². The van der Waals surface area contributed by atoms with E-state index < -0.39 is 0 Å². The largest absolute Gasteiger partial charge is 0.492 e. The van der Waals surface area contributed by atoms with E-state index in [1.165, 1.54) is 0 Å². The van der Waals surface area contributed by atoms with E-state index in [-0.39, 0.29) is 11.5 Å². The fourth-order valence-electron chi connectivity index (χ4n) is 1.84. The molecule has 3 N–H and O–H groups in total. The summed E-state index contributed by atoms with van der Waals surface area (Å²) in [5.74, 6) is 6.48. The number of rotatable bonds is 6. The molecule has 0 aliphatic rings. The predicted octanol–water partition coefficient (Wildman–Crippen LogP) is 2.89. The Kier molecular flexibility index (Phi) is 5.33. The van der Waals surface area contributed by atoms with Gasteiger partial charge in [0.15, 0.2) is 0 Å². The smallest absolute Gasteiger partial charge is 0.119 e. The maximum absolute atomic E-state index is 5.74. The second kappa shape index (κ2) is 7.02. The lowest BCUT2D eigenvalue weighted by Crippen LogP contribution is -2.41. The van der Waals surface area contributed by atoms with Crippen LogP contribution in [0.5, 0.6) is 5.75 Å². The molecule has 21 heavy (non-hydrogen) atoms. The standard InChI is InChI=1S/C16H23N3OS/c1-16(2,3)14-11-21-15(18-14)9-12(19-17)10-20-13-7-5-4-6-8-13/h4-8,11-12,19H,9-10,17H2,1-3H3. The maximum Gasteiger partial charge on any atom is 0.119 e. The Morgan fingerprint density at radius 3 is 2.57 bits per heavy atom. The van der Waals surface area contributed by atoms with Gasteiger partial charge in [0.2, 0.25) is 0 Å². The summed E-state index contributed by atoms with van der Waals surface area (Å²) >= 11 is 1.68. The number of nitrogens with zero attached hydrogens (tertiary/aromatic N) is 1. The van der Waals surface area contributed by atoms with Gasteiger partial charge in [0.05, 0.1) is 16.7 Å². The molecular formula is C16H23N3OS. The number of aromatic nitrogens is 1. The second-order valence-corrected chi connectivity index (χ2v) is 7.01. The van der Waals surface area contributed by atoms with Crippen LogP contribution in [0.4, 0.5) is 0 Å². The minimum atomic E-state index is 0.0455. The summed E-state index contributed by atoms with van der Waals surface area (Å²) in [7, 11) is 0. The average molecular weight is 305 g/mol. The number of para-hydroxylation sites is 1. The molecule has 1 atom stereocenters. The highest BCUT2D eigenvalue weighted by Gasteiger charge is 2.19. The monoisotopic (exact) mass is 305 g/mol. The van der Waals surface area contributed by atoms with Crippen molar-refractivity contribution in [3.63, 3.8) is 0 Å². The molecule has 0 saturated heterocycles. The van der Waals surface area contributed by atoms with Crippen LogP contribution >= 0.6 is 11.3 Å². The molecule has 0 bridgehead atoms. The van der Waals surface area contributed by atoms with Gasteiger partial charge < -0.3 is 4.74 Å². The molecule has 1 unspecified atom stereocenters. The van der Waals surface area contributed by atoms with Crippen molar-refractivity contribution < 1.29 is 4.74 Å². The first kappa shape index (κ1) is 15.9. The van der Waals surface area contributed by atoms with Gasteiger partial charge in [-0.3, -0.25) is 11.3 Å². The third-order valence-corrected chi connectivity index (χ3v) is 4.04. The van der Waals surface area contributed by atoms with Crippen LogP contribution in [-0.2, 0) is 11.8 Å². The van der Waals surface area contributed by atoms with E-state index in [0.29, 0.717) is 6.61 Å². The van der Waals surface area contributed by atoms with E-state index in [9.17, 15) is 0 Å².